The van der Waals surface area contributed by atoms with Crippen molar-refractivity contribution in [1.82, 2.24) is 4.90 Å². The van der Waals surface area contributed by atoms with Crippen LogP contribution in [-0.4, -0.2) is 40.3 Å². The van der Waals surface area contributed by atoms with Crippen LogP contribution in [0.5, 0.6) is 0 Å². The van der Waals surface area contributed by atoms with Gasteiger partial charge in [0, 0.05) is 33.7 Å². The van der Waals surface area contributed by atoms with Gasteiger partial charge in [-0.3, -0.25) is 4.79 Å². The number of carboxylic acids is 1. The molecular formula is C15H13NO4S2. The van der Waals surface area contributed by atoms with Crippen molar-refractivity contribution < 1.29 is 19.4 Å². The predicted octanol–water partition coefficient (Wildman–Crippen LogP) is 2.09. The SMILES string of the molecule is O=C(O)C1=CSC2CN1C(=O)C2=Cc1cc2c(s1)CCOC2. The number of ether oxygens (including phenoxy) is 1. The fourth-order valence-corrected chi connectivity index (χ4v) is 5.07. The zero-order chi connectivity index (χ0) is 15.3. The summed E-state index contributed by atoms with van der Waals surface area (Å²) in [6.07, 6.45) is 2.84. The fraction of sp³-hybridized carbons (Fsp3) is 0.333. The molecule has 1 unspecified atom stereocenters. The first kappa shape index (κ1) is 14.0. The third-order valence-corrected chi connectivity index (χ3v) is 6.26. The van der Waals surface area contributed by atoms with E-state index in [0.717, 1.165) is 17.9 Å². The lowest BCUT2D eigenvalue weighted by atomic mass is 10.1. The molecule has 1 N–H and O–H groups in total. The Morgan fingerprint density at radius 3 is 3.14 bits per heavy atom. The molecule has 22 heavy (non-hydrogen) atoms. The van der Waals surface area contributed by atoms with Gasteiger partial charge in [-0.1, -0.05) is 0 Å². The van der Waals surface area contributed by atoms with Gasteiger partial charge in [0.2, 0.25) is 0 Å². The number of aliphatic carboxylic acids is 1. The second-order valence-electron chi connectivity index (χ2n) is 5.35. The van der Waals surface area contributed by atoms with Gasteiger partial charge in [0.05, 0.1) is 18.5 Å². The maximum absolute atomic E-state index is 12.5. The second-order valence-corrected chi connectivity index (χ2v) is 7.59. The number of amides is 1. The minimum atomic E-state index is -1.05. The Morgan fingerprint density at radius 1 is 1.50 bits per heavy atom. The third-order valence-electron chi connectivity index (χ3n) is 3.99. The van der Waals surface area contributed by atoms with Gasteiger partial charge >= 0.3 is 5.97 Å². The molecule has 1 amide bonds. The molecule has 1 aromatic heterocycles. The number of nitrogens with zero attached hydrogens (tertiary/aromatic N) is 1. The van der Waals surface area contributed by atoms with E-state index in [0.29, 0.717) is 18.7 Å². The van der Waals surface area contributed by atoms with Crippen LogP contribution in [0.25, 0.3) is 6.08 Å². The minimum Gasteiger partial charge on any atom is -0.477 e. The van der Waals surface area contributed by atoms with Crippen molar-refractivity contribution in [3.05, 3.63) is 38.1 Å². The van der Waals surface area contributed by atoms with Crippen LogP contribution in [0.1, 0.15) is 15.3 Å². The van der Waals surface area contributed by atoms with Crippen LogP contribution in [0.3, 0.4) is 0 Å². The number of thioether (sulfide) groups is 1. The molecule has 1 saturated heterocycles. The first-order valence-corrected chi connectivity index (χ1v) is 8.71. The Balaban J connectivity index is 1.65. The molecule has 4 heterocycles. The smallest absolute Gasteiger partial charge is 0.353 e. The van der Waals surface area contributed by atoms with Gasteiger partial charge in [-0.05, 0) is 17.7 Å². The second kappa shape index (κ2) is 5.26. The Kier molecular flexibility index (Phi) is 3.36. The first-order valence-electron chi connectivity index (χ1n) is 6.95. The van der Waals surface area contributed by atoms with Crippen molar-refractivity contribution in [3.63, 3.8) is 0 Å². The Hall–Kier alpha value is -1.57. The molecule has 1 atom stereocenters. The van der Waals surface area contributed by atoms with Crippen LogP contribution in [-0.2, 0) is 27.4 Å². The number of thiophene rings is 1. The number of fused-ring (bicyclic) bond motifs is 3. The van der Waals surface area contributed by atoms with E-state index in [9.17, 15) is 9.59 Å². The average Bonchev–Trinajstić information content (AvgIpc) is 3.02. The molecule has 3 aliphatic rings. The number of carbonyl (C=O) groups excluding carboxylic acids is 1. The number of hydrogen-bond donors (Lipinski definition) is 1. The van der Waals surface area contributed by atoms with Crippen LogP contribution in [0.15, 0.2) is 22.7 Å². The van der Waals surface area contributed by atoms with E-state index in [2.05, 4.69) is 6.07 Å². The maximum Gasteiger partial charge on any atom is 0.353 e. The highest BCUT2D eigenvalue weighted by Crippen LogP contribution is 2.39. The molecule has 5 nitrogen and oxygen atoms in total. The van der Waals surface area contributed by atoms with Gasteiger partial charge in [0.25, 0.3) is 5.91 Å². The third kappa shape index (κ3) is 2.20. The lowest BCUT2D eigenvalue weighted by Gasteiger charge is -2.19. The number of carboxylic acid groups (broad SMARTS) is 1. The molecule has 0 radical (unpaired) electrons. The molecule has 0 spiro atoms. The van der Waals surface area contributed by atoms with Crippen LogP contribution >= 0.6 is 23.1 Å². The summed E-state index contributed by atoms with van der Waals surface area (Å²) in [7, 11) is 0. The van der Waals surface area contributed by atoms with E-state index in [-0.39, 0.29) is 16.9 Å². The average molecular weight is 335 g/mol. The van der Waals surface area contributed by atoms with E-state index in [4.69, 9.17) is 9.84 Å². The fourth-order valence-electron chi connectivity index (χ4n) is 2.89. The largest absolute Gasteiger partial charge is 0.477 e. The van der Waals surface area contributed by atoms with Crippen LogP contribution in [0.2, 0.25) is 0 Å². The van der Waals surface area contributed by atoms with E-state index < -0.39 is 5.97 Å². The predicted molar refractivity (Wildman–Crippen MR) is 84.5 cm³/mol. The minimum absolute atomic E-state index is 0.0194. The summed E-state index contributed by atoms with van der Waals surface area (Å²) in [5, 5.41) is 10.7. The first-order chi connectivity index (χ1) is 10.6. The lowest BCUT2D eigenvalue weighted by Crippen LogP contribution is -2.30. The quantitative estimate of drug-likeness (QED) is 0.838. The molecule has 3 aliphatic heterocycles. The van der Waals surface area contributed by atoms with Crippen molar-refractivity contribution in [1.29, 1.82) is 0 Å². The monoisotopic (exact) mass is 335 g/mol. The molecule has 1 aromatic rings. The summed E-state index contributed by atoms with van der Waals surface area (Å²) in [6, 6.07) is 2.08. The van der Waals surface area contributed by atoms with Crippen LogP contribution < -0.4 is 0 Å². The highest BCUT2D eigenvalue weighted by atomic mass is 32.2. The van der Waals surface area contributed by atoms with Crippen molar-refractivity contribution in [2.75, 3.05) is 13.2 Å². The van der Waals surface area contributed by atoms with Gasteiger partial charge in [-0.2, -0.15) is 0 Å². The Labute approximate surface area is 135 Å². The van der Waals surface area contributed by atoms with Crippen molar-refractivity contribution >= 4 is 41.1 Å². The van der Waals surface area contributed by atoms with E-state index >= 15 is 0 Å². The summed E-state index contributed by atoms with van der Waals surface area (Å²) in [6.45, 7) is 1.83. The molecule has 0 aliphatic carbocycles. The number of carbonyl (C=O) groups is 2. The van der Waals surface area contributed by atoms with Gasteiger partial charge in [-0.15, -0.1) is 23.1 Å². The molecule has 114 valence electrons. The number of hydrogen-bond acceptors (Lipinski definition) is 5. The Bertz CT molecular complexity index is 710. The van der Waals surface area contributed by atoms with Crippen molar-refractivity contribution in [3.8, 4) is 0 Å². The molecule has 4 rings (SSSR count). The van der Waals surface area contributed by atoms with Gasteiger partial charge < -0.3 is 14.7 Å². The summed E-state index contributed by atoms with van der Waals surface area (Å²) < 4.78 is 5.44. The number of rotatable bonds is 2. The standard InChI is InChI=1S/C15H13NO4S2/c17-14-10(13-5-16(14)11(7-21-13)15(18)19)4-9-3-8-6-20-2-1-12(8)22-9/h3-4,7,13H,1-2,5-6H2,(H,18,19). The van der Waals surface area contributed by atoms with Crippen molar-refractivity contribution in [2.45, 2.75) is 18.3 Å². The van der Waals surface area contributed by atoms with Gasteiger partial charge in [0.15, 0.2) is 0 Å². The molecule has 0 aromatic carbocycles. The van der Waals surface area contributed by atoms with E-state index in [1.165, 1.54) is 27.1 Å². The topological polar surface area (TPSA) is 66.8 Å². The molecule has 2 bridgehead atoms. The van der Waals surface area contributed by atoms with Gasteiger partial charge in [0.1, 0.15) is 5.70 Å². The van der Waals surface area contributed by atoms with Crippen molar-refractivity contribution in [2.24, 2.45) is 0 Å². The molecular weight excluding hydrogens is 322 g/mol. The lowest BCUT2D eigenvalue weighted by molar-refractivity contribution is -0.137. The molecule has 0 saturated carbocycles. The van der Waals surface area contributed by atoms with Gasteiger partial charge in [-0.25, -0.2) is 4.79 Å². The zero-order valence-electron chi connectivity index (χ0n) is 11.6. The zero-order valence-corrected chi connectivity index (χ0v) is 13.2. The van der Waals surface area contributed by atoms with Crippen LogP contribution in [0.4, 0.5) is 0 Å². The van der Waals surface area contributed by atoms with E-state index in [1.807, 2.05) is 6.08 Å². The maximum atomic E-state index is 12.5. The Morgan fingerprint density at radius 2 is 2.36 bits per heavy atom. The van der Waals surface area contributed by atoms with Crippen LogP contribution in [0, 0.1) is 0 Å². The summed E-state index contributed by atoms with van der Waals surface area (Å²) in [5.41, 5.74) is 1.97. The highest BCUT2D eigenvalue weighted by Gasteiger charge is 2.42. The molecule has 1 fully saturated rings. The normalized spacial score (nSPS) is 25.4. The summed E-state index contributed by atoms with van der Waals surface area (Å²) in [4.78, 5) is 27.4. The molecule has 7 heteroatoms. The summed E-state index contributed by atoms with van der Waals surface area (Å²) in [5.74, 6) is -1.24. The summed E-state index contributed by atoms with van der Waals surface area (Å²) >= 11 is 3.11. The highest BCUT2D eigenvalue weighted by molar-refractivity contribution is 8.03. The van der Waals surface area contributed by atoms with E-state index in [1.54, 1.807) is 16.7 Å².